The molecule has 0 N–H and O–H groups in total. The fourth-order valence-electron chi connectivity index (χ4n) is 2.96. The molecule has 0 atom stereocenters. The van der Waals surface area contributed by atoms with E-state index in [0.29, 0.717) is 11.5 Å². The number of benzene rings is 1. The normalized spacial score (nSPS) is 21.2. The molecule has 2 rings (SSSR count). The minimum atomic E-state index is -0.479. The summed E-state index contributed by atoms with van der Waals surface area (Å²) in [5.41, 5.74) is 0.747. The number of nitriles is 1. The summed E-state index contributed by atoms with van der Waals surface area (Å²) >= 11 is 0. The number of nitrogens with zero attached hydrogens (tertiary/aromatic N) is 1. The topological polar surface area (TPSA) is 23.8 Å². The maximum Gasteiger partial charge on any atom is 0.142 e. The predicted octanol–water partition coefficient (Wildman–Crippen LogP) is 5.05. The van der Waals surface area contributed by atoms with E-state index < -0.39 is 5.82 Å². The van der Waals surface area contributed by atoms with Crippen molar-refractivity contribution < 1.29 is 4.39 Å². The highest BCUT2D eigenvalue weighted by molar-refractivity contribution is 5.41. The molecule has 1 aromatic rings. The Balaban J connectivity index is 1.89. The van der Waals surface area contributed by atoms with E-state index in [2.05, 4.69) is 18.8 Å². The molecular weight excluding hydrogens is 261 g/mol. The summed E-state index contributed by atoms with van der Waals surface area (Å²) in [5, 5.41) is 8.70. The lowest BCUT2D eigenvalue weighted by molar-refractivity contribution is 0.296. The van der Waals surface area contributed by atoms with E-state index in [4.69, 9.17) is 5.26 Å². The van der Waals surface area contributed by atoms with Crippen LogP contribution in [-0.2, 0) is 0 Å². The van der Waals surface area contributed by atoms with Gasteiger partial charge in [-0.2, -0.15) is 5.26 Å². The van der Waals surface area contributed by atoms with Crippen LogP contribution in [0.5, 0.6) is 0 Å². The molecule has 0 saturated heterocycles. The fourth-order valence-corrected chi connectivity index (χ4v) is 2.96. The molecule has 1 aromatic carbocycles. The molecule has 0 heterocycles. The van der Waals surface area contributed by atoms with E-state index in [1.165, 1.54) is 57.1 Å². The molecule has 0 aliphatic heterocycles. The molecular formula is C19H22FN. The highest BCUT2D eigenvalue weighted by Crippen LogP contribution is 2.31. The maximum absolute atomic E-state index is 13.5. The van der Waals surface area contributed by atoms with Gasteiger partial charge >= 0.3 is 0 Å². The lowest BCUT2D eigenvalue weighted by atomic mass is 9.80. The number of halogens is 1. The van der Waals surface area contributed by atoms with Crippen molar-refractivity contribution in [2.24, 2.45) is 11.8 Å². The molecule has 110 valence electrons. The first kappa shape index (κ1) is 15.6. The van der Waals surface area contributed by atoms with Crippen molar-refractivity contribution in [3.63, 3.8) is 0 Å². The van der Waals surface area contributed by atoms with Crippen LogP contribution in [-0.4, -0.2) is 0 Å². The highest BCUT2D eigenvalue weighted by atomic mass is 19.1. The Hall–Kier alpha value is -1.80. The van der Waals surface area contributed by atoms with Gasteiger partial charge in [-0.15, -0.1) is 0 Å². The molecule has 1 fully saturated rings. The van der Waals surface area contributed by atoms with Gasteiger partial charge in [0.05, 0.1) is 5.56 Å². The Bertz CT molecular complexity index is 565. The third-order valence-corrected chi connectivity index (χ3v) is 4.32. The number of rotatable bonds is 3. The van der Waals surface area contributed by atoms with Crippen molar-refractivity contribution in [1.29, 1.82) is 5.26 Å². The van der Waals surface area contributed by atoms with Gasteiger partial charge in [0.1, 0.15) is 11.9 Å². The fraction of sp³-hybridized carbons (Fsp3) is 0.526. The van der Waals surface area contributed by atoms with E-state index in [1.54, 1.807) is 6.07 Å². The zero-order valence-electron chi connectivity index (χ0n) is 12.7. The molecule has 0 radical (unpaired) electrons. The Morgan fingerprint density at radius 1 is 1.24 bits per heavy atom. The van der Waals surface area contributed by atoms with Crippen molar-refractivity contribution in [2.45, 2.75) is 51.9 Å². The number of hydrogen-bond acceptors (Lipinski definition) is 1. The average molecular weight is 283 g/mol. The number of unbranched alkanes of at least 4 members (excludes halogenated alkanes) is 1. The second kappa shape index (κ2) is 7.84. The molecule has 21 heavy (non-hydrogen) atoms. The summed E-state index contributed by atoms with van der Waals surface area (Å²) in [5.74, 6) is 7.20. The van der Waals surface area contributed by atoms with E-state index in [9.17, 15) is 4.39 Å². The molecule has 0 unspecified atom stereocenters. The maximum atomic E-state index is 13.5. The lowest BCUT2D eigenvalue weighted by Gasteiger charge is -2.25. The Labute approximate surface area is 127 Å². The van der Waals surface area contributed by atoms with Crippen LogP contribution in [0.25, 0.3) is 0 Å². The van der Waals surface area contributed by atoms with Gasteiger partial charge in [-0.25, -0.2) is 4.39 Å². The molecule has 1 aliphatic rings. The minimum absolute atomic E-state index is 0.0805. The van der Waals surface area contributed by atoms with E-state index in [0.717, 1.165) is 5.92 Å². The lowest BCUT2D eigenvalue weighted by Crippen LogP contribution is -2.13. The quantitative estimate of drug-likeness (QED) is 0.712. The summed E-state index contributed by atoms with van der Waals surface area (Å²) in [6, 6.07) is 6.41. The Morgan fingerprint density at radius 3 is 2.62 bits per heavy atom. The average Bonchev–Trinajstić information content (AvgIpc) is 2.52. The molecule has 1 saturated carbocycles. The van der Waals surface area contributed by atoms with Crippen molar-refractivity contribution in [3.8, 4) is 17.9 Å². The van der Waals surface area contributed by atoms with Crippen molar-refractivity contribution in [3.05, 3.63) is 35.1 Å². The van der Waals surface area contributed by atoms with Crippen LogP contribution in [0, 0.1) is 40.8 Å². The van der Waals surface area contributed by atoms with Crippen LogP contribution in [0.4, 0.5) is 4.39 Å². The van der Waals surface area contributed by atoms with Gasteiger partial charge in [-0.05, 0) is 49.8 Å². The van der Waals surface area contributed by atoms with Crippen LogP contribution in [0.15, 0.2) is 18.2 Å². The molecule has 1 nitrogen and oxygen atoms in total. The molecule has 0 amide bonds. The zero-order chi connectivity index (χ0) is 15.1. The Kier molecular flexibility index (Phi) is 5.82. The Morgan fingerprint density at radius 2 is 2.00 bits per heavy atom. The molecule has 0 aromatic heterocycles. The van der Waals surface area contributed by atoms with Gasteiger partial charge in [0.15, 0.2) is 0 Å². The minimum Gasteiger partial charge on any atom is -0.206 e. The van der Waals surface area contributed by atoms with E-state index >= 15 is 0 Å². The smallest absolute Gasteiger partial charge is 0.142 e. The summed E-state index contributed by atoms with van der Waals surface area (Å²) in [7, 11) is 0. The van der Waals surface area contributed by atoms with E-state index in [-0.39, 0.29) is 5.56 Å². The summed E-state index contributed by atoms with van der Waals surface area (Å²) in [6.07, 6.45) is 8.87. The first-order valence-electron chi connectivity index (χ1n) is 7.94. The summed E-state index contributed by atoms with van der Waals surface area (Å²) < 4.78 is 13.5. The standard InChI is InChI=1S/C19H22FN/c1-2-3-4-15-5-7-16(8-6-15)9-10-17-11-12-18(14-21)19(20)13-17/h11-13,15-16H,2-8H2,1H3/t15-,16-. The third-order valence-electron chi connectivity index (χ3n) is 4.32. The van der Waals surface area contributed by atoms with Gasteiger partial charge in [-0.3, -0.25) is 0 Å². The second-order valence-corrected chi connectivity index (χ2v) is 5.94. The van der Waals surface area contributed by atoms with E-state index in [1.807, 2.05) is 6.07 Å². The largest absolute Gasteiger partial charge is 0.206 e. The third kappa shape index (κ3) is 4.61. The van der Waals surface area contributed by atoms with Gasteiger partial charge < -0.3 is 0 Å². The first-order chi connectivity index (χ1) is 10.2. The van der Waals surface area contributed by atoms with Gasteiger partial charge in [0, 0.05) is 11.5 Å². The van der Waals surface area contributed by atoms with Crippen LogP contribution in [0.1, 0.15) is 63.0 Å². The summed E-state index contributed by atoms with van der Waals surface area (Å²) in [4.78, 5) is 0. The molecule has 1 aliphatic carbocycles. The predicted molar refractivity (Wildman–Crippen MR) is 83.0 cm³/mol. The molecule has 0 bridgehead atoms. The SMILES string of the molecule is CCCC[C@H]1CC[C@H](C#Cc2ccc(C#N)c(F)c2)CC1. The van der Waals surface area contributed by atoms with Gasteiger partial charge in [-0.1, -0.05) is 38.0 Å². The van der Waals surface area contributed by atoms with Crippen molar-refractivity contribution >= 4 is 0 Å². The first-order valence-corrected chi connectivity index (χ1v) is 7.94. The molecule has 0 spiro atoms. The van der Waals surface area contributed by atoms with Crippen LogP contribution >= 0.6 is 0 Å². The van der Waals surface area contributed by atoms with Crippen molar-refractivity contribution in [2.75, 3.05) is 0 Å². The zero-order valence-corrected chi connectivity index (χ0v) is 12.7. The molecule has 2 heteroatoms. The highest BCUT2D eigenvalue weighted by Gasteiger charge is 2.19. The summed E-state index contributed by atoms with van der Waals surface area (Å²) in [6.45, 7) is 2.24. The van der Waals surface area contributed by atoms with Gasteiger partial charge in [0.25, 0.3) is 0 Å². The van der Waals surface area contributed by atoms with Crippen molar-refractivity contribution in [1.82, 2.24) is 0 Å². The second-order valence-electron chi connectivity index (χ2n) is 5.94. The van der Waals surface area contributed by atoms with Gasteiger partial charge in [0.2, 0.25) is 0 Å². The van der Waals surface area contributed by atoms with Crippen LogP contribution < -0.4 is 0 Å². The van der Waals surface area contributed by atoms with Crippen LogP contribution in [0.2, 0.25) is 0 Å². The monoisotopic (exact) mass is 283 g/mol. The number of hydrogen-bond donors (Lipinski definition) is 0. The van der Waals surface area contributed by atoms with Crippen LogP contribution in [0.3, 0.4) is 0 Å².